The highest BCUT2D eigenvalue weighted by Gasteiger charge is 2.58. The van der Waals surface area contributed by atoms with Crippen LogP contribution >= 0.6 is 0 Å². The molecule has 6 heterocycles. The second kappa shape index (κ2) is 31.2. The standard InChI is InChI=1S/C83H89N7O14/c1-6-52(3)77(85-78(96)67-17-11-36-86(67)76(95)46-84-74(93)32-30-63(91)31-33-75(94)88-47-60-15-8-7-13-56(60)26-27-58-14-9-10-16-66(58)88)70(92)40-54-20-22-55(23-21-54)49-104-82(100)90-68-44-71(53(4)39-65(68)80(98)89-50-83(34-35-83)45-69(89)81(90)99)102-37-12-38-103-73-42-59-28-29-62-41-61(57-24-18-51(2)19-25-57)48-87(62)79(97)64(59)43-72(73)101-5/h7-10,13-16,18-25,39,42-44,48,52,62,67,69,77,81,99H,6,11-12,17,28-38,40-41,45-47,49-50H2,1-5H3,(H,84,93)(H,85,96)/t52-,62+,67-,69-,77-,81?/m0/s1. The van der Waals surface area contributed by atoms with Gasteiger partial charge in [-0.1, -0.05) is 117 Å². The van der Waals surface area contributed by atoms with Crippen molar-refractivity contribution in [1.29, 1.82) is 0 Å². The third-order valence-electron chi connectivity index (χ3n) is 21.7. The minimum Gasteiger partial charge on any atom is -0.493 e. The summed E-state index contributed by atoms with van der Waals surface area (Å²) in [6.07, 6.45) is 5.76. The van der Waals surface area contributed by atoms with E-state index in [2.05, 4.69) is 53.7 Å². The van der Waals surface area contributed by atoms with E-state index in [1.807, 2.05) is 86.5 Å². The highest BCUT2D eigenvalue weighted by atomic mass is 16.6. The molecule has 1 unspecified atom stereocenters. The Labute approximate surface area is 606 Å². The lowest BCUT2D eigenvalue weighted by molar-refractivity contribution is -0.139. The second-order valence-electron chi connectivity index (χ2n) is 28.8. The Bertz CT molecular complexity index is 4460. The number of ketones is 2. The number of carbonyl (C=O) groups excluding carboxylic acids is 9. The van der Waals surface area contributed by atoms with Crippen LogP contribution in [0.2, 0.25) is 0 Å². The number of hydrogen-bond donors (Lipinski definition) is 3. The average molecular weight is 1410 g/mol. The van der Waals surface area contributed by atoms with Gasteiger partial charge < -0.3 is 54.3 Å². The third kappa shape index (κ3) is 15.7. The molecule has 13 rings (SSSR count). The maximum atomic E-state index is 14.5. The van der Waals surface area contributed by atoms with E-state index < -0.39 is 54.7 Å². The molecule has 6 aromatic rings. The molecule has 2 saturated heterocycles. The molecule has 104 heavy (non-hydrogen) atoms. The summed E-state index contributed by atoms with van der Waals surface area (Å²) in [6.45, 7) is 8.57. The lowest BCUT2D eigenvalue weighted by Gasteiger charge is -2.31. The van der Waals surface area contributed by atoms with Crippen LogP contribution in [0, 0.1) is 37.0 Å². The van der Waals surface area contributed by atoms with Gasteiger partial charge in [0.1, 0.15) is 24.2 Å². The molecular weight excluding hydrogens is 1320 g/mol. The average Bonchev–Trinajstić information content (AvgIpc) is 1.56. The summed E-state index contributed by atoms with van der Waals surface area (Å²) in [7, 11) is 1.55. The number of methoxy groups -OCH3 is 1. The smallest absolute Gasteiger partial charge is 0.416 e. The largest absolute Gasteiger partial charge is 0.493 e. The van der Waals surface area contributed by atoms with Crippen LogP contribution in [0.3, 0.4) is 0 Å². The van der Waals surface area contributed by atoms with E-state index in [0.29, 0.717) is 102 Å². The van der Waals surface area contributed by atoms with E-state index in [9.17, 15) is 48.3 Å². The number of para-hydroxylation sites is 1. The Morgan fingerprint density at radius 2 is 1.46 bits per heavy atom. The lowest BCUT2D eigenvalue weighted by Crippen LogP contribution is -2.54. The van der Waals surface area contributed by atoms with Crippen molar-refractivity contribution in [3.63, 3.8) is 0 Å². The first-order valence-electron chi connectivity index (χ1n) is 36.4. The van der Waals surface area contributed by atoms with Gasteiger partial charge in [-0.05, 0) is 152 Å². The fraction of sp³-hybridized carbons (Fsp3) is 0.410. The summed E-state index contributed by atoms with van der Waals surface area (Å²) in [5, 5.41) is 17.8. The zero-order valence-electron chi connectivity index (χ0n) is 59.6. The van der Waals surface area contributed by atoms with Gasteiger partial charge in [-0.2, -0.15) is 0 Å². The van der Waals surface area contributed by atoms with Crippen LogP contribution in [-0.4, -0.2) is 143 Å². The number of nitrogens with one attached hydrogen (secondary N) is 2. The number of ether oxygens (including phenoxy) is 4. The van der Waals surface area contributed by atoms with E-state index >= 15 is 0 Å². The number of Topliss-reactive ketones (excluding diaryl/α,β-unsaturated/α-hetero) is 2. The Kier molecular flexibility index (Phi) is 21.5. The van der Waals surface area contributed by atoms with Crippen LogP contribution in [0.25, 0.3) is 5.57 Å². The molecule has 6 atom stereocenters. The number of aliphatic hydroxyl groups is 1. The maximum absolute atomic E-state index is 14.5. The van der Waals surface area contributed by atoms with Crippen molar-refractivity contribution in [3.05, 3.63) is 189 Å². The molecule has 3 fully saturated rings. The molecule has 21 nitrogen and oxygen atoms in total. The van der Waals surface area contributed by atoms with Crippen LogP contribution < -0.4 is 34.6 Å². The van der Waals surface area contributed by atoms with Crippen LogP contribution in [-0.2, 0) is 59.5 Å². The Morgan fingerprint density at radius 3 is 2.22 bits per heavy atom. The quantitative estimate of drug-likeness (QED) is 0.0356. The highest BCUT2D eigenvalue weighted by Crippen LogP contribution is 2.57. The Hall–Kier alpha value is -10.6. The molecule has 1 saturated carbocycles. The highest BCUT2D eigenvalue weighted by molar-refractivity contribution is 6.06. The van der Waals surface area contributed by atoms with Gasteiger partial charge in [0.15, 0.2) is 23.5 Å². The lowest BCUT2D eigenvalue weighted by atomic mass is 9.91. The summed E-state index contributed by atoms with van der Waals surface area (Å²) < 4.78 is 24.4. The predicted octanol–water partition coefficient (Wildman–Crippen LogP) is 10.7. The molecule has 540 valence electrons. The van der Waals surface area contributed by atoms with E-state index in [4.69, 9.17) is 18.9 Å². The summed E-state index contributed by atoms with van der Waals surface area (Å²) >= 11 is 0. The first-order chi connectivity index (χ1) is 50.2. The minimum absolute atomic E-state index is 0.0345. The number of aliphatic hydroxyl groups excluding tert-OH is 1. The predicted molar refractivity (Wildman–Crippen MR) is 389 cm³/mol. The van der Waals surface area contributed by atoms with Crippen molar-refractivity contribution in [1.82, 2.24) is 25.3 Å². The number of aryl methyl sites for hydroxylation is 3. The molecule has 0 bridgehead atoms. The molecule has 7 amide bonds. The van der Waals surface area contributed by atoms with Crippen molar-refractivity contribution in [2.24, 2.45) is 11.3 Å². The molecule has 1 aliphatic carbocycles. The minimum atomic E-state index is -1.44. The van der Waals surface area contributed by atoms with Gasteiger partial charge in [-0.3, -0.25) is 38.4 Å². The first-order valence-corrected chi connectivity index (χ1v) is 36.4. The zero-order chi connectivity index (χ0) is 72.9. The number of nitrogens with zero attached hydrogens (tertiary/aromatic N) is 5. The number of benzene rings is 6. The van der Waals surface area contributed by atoms with Gasteiger partial charge in [0.25, 0.3) is 11.8 Å². The number of anilines is 2. The number of carbonyl (C=O) groups is 9. The van der Waals surface area contributed by atoms with Gasteiger partial charge >= 0.3 is 6.09 Å². The number of amides is 7. The molecule has 21 heteroatoms. The van der Waals surface area contributed by atoms with Gasteiger partial charge in [-0.15, -0.1) is 0 Å². The van der Waals surface area contributed by atoms with E-state index in [0.717, 1.165) is 58.4 Å². The molecule has 0 radical (unpaired) electrons. The van der Waals surface area contributed by atoms with Crippen molar-refractivity contribution < 1.29 is 67.2 Å². The molecule has 1 spiro atoms. The van der Waals surface area contributed by atoms with E-state index in [1.54, 1.807) is 59.4 Å². The summed E-state index contributed by atoms with van der Waals surface area (Å²) in [4.78, 5) is 132. The molecule has 3 N–H and O–H groups in total. The molecule has 6 aliphatic heterocycles. The van der Waals surface area contributed by atoms with Gasteiger partial charge in [-0.25, -0.2) is 9.69 Å². The Balaban J connectivity index is 0.584. The number of fused-ring (bicyclic) bond motifs is 6. The number of hydrogen-bond acceptors (Lipinski definition) is 14. The Morgan fingerprint density at radius 1 is 0.740 bits per heavy atom. The fourth-order valence-corrected chi connectivity index (χ4v) is 15.2. The van der Waals surface area contributed by atoms with Crippen molar-refractivity contribution >= 4 is 70.1 Å². The van der Waals surface area contributed by atoms with Crippen molar-refractivity contribution in [3.8, 4) is 29.1 Å². The SMILES string of the molecule is CC[C@H](C)[C@H](NC(=O)[C@@H]1CCCN1C(=O)CNC(=O)CCC(=O)CCC(=O)N1Cc2ccccc2C#Cc2ccccc21)C(=O)Cc1ccc(COC(=O)N2c3cc(OCCCOc4cc5c(cc4OC)C(=O)N4C=C(c6ccc(C)cc6)C[C@H]4CC5)c(C)cc3C(=O)N3CC4(CC4)C[C@H]3C2O)cc1. The van der Waals surface area contributed by atoms with Crippen LogP contribution in [0.4, 0.5) is 16.2 Å². The van der Waals surface area contributed by atoms with Crippen molar-refractivity contribution in [2.45, 2.75) is 168 Å². The third-order valence-corrected chi connectivity index (χ3v) is 21.7. The monoisotopic (exact) mass is 1410 g/mol. The maximum Gasteiger partial charge on any atom is 0.416 e. The summed E-state index contributed by atoms with van der Waals surface area (Å²) in [6, 6.07) is 35.0. The molecular formula is C83H89N7O14. The van der Waals surface area contributed by atoms with E-state index in [1.165, 1.54) is 10.5 Å². The van der Waals surface area contributed by atoms with E-state index in [-0.39, 0.29) is 116 Å². The van der Waals surface area contributed by atoms with Crippen LogP contribution in [0.5, 0.6) is 17.2 Å². The normalized spacial score (nSPS) is 19.3. The van der Waals surface area contributed by atoms with Crippen LogP contribution in [0.15, 0.2) is 128 Å². The number of rotatable bonds is 25. The topological polar surface area (TPSA) is 251 Å². The molecule has 0 aromatic heterocycles. The number of likely N-dealkylation sites (tertiary alicyclic amines) is 1. The molecule has 7 aliphatic rings. The molecule has 6 aromatic carbocycles. The van der Waals surface area contributed by atoms with Gasteiger partial charge in [0, 0.05) is 86.6 Å². The van der Waals surface area contributed by atoms with Crippen molar-refractivity contribution in [2.75, 3.05) is 49.8 Å². The van der Waals surface area contributed by atoms with Gasteiger partial charge in [0.05, 0.1) is 62.4 Å². The second-order valence-corrected chi connectivity index (χ2v) is 28.8. The fourth-order valence-electron chi connectivity index (χ4n) is 15.2. The van der Waals surface area contributed by atoms with Gasteiger partial charge in [0.2, 0.25) is 23.6 Å². The summed E-state index contributed by atoms with van der Waals surface area (Å²) in [5.41, 5.74) is 10.2. The van der Waals surface area contributed by atoms with Crippen LogP contribution in [0.1, 0.15) is 168 Å². The first kappa shape index (κ1) is 71.8. The zero-order valence-corrected chi connectivity index (χ0v) is 59.6. The summed E-state index contributed by atoms with van der Waals surface area (Å²) in [5.74, 6) is 4.88.